The van der Waals surface area contributed by atoms with E-state index in [1.54, 1.807) is 12.1 Å². The molecule has 0 spiro atoms. The van der Waals surface area contributed by atoms with E-state index in [2.05, 4.69) is 4.98 Å². The van der Waals surface area contributed by atoms with Crippen molar-refractivity contribution in [3.05, 3.63) is 59.3 Å². The summed E-state index contributed by atoms with van der Waals surface area (Å²) in [7, 11) is 0. The van der Waals surface area contributed by atoms with E-state index in [9.17, 15) is 26.3 Å². The van der Waals surface area contributed by atoms with E-state index >= 15 is 0 Å². The van der Waals surface area contributed by atoms with Crippen molar-refractivity contribution < 1.29 is 31.1 Å². The number of hydrogen-bond donors (Lipinski definition) is 0. The number of benzene rings is 1. The Morgan fingerprint density at radius 2 is 1.45 bits per heavy atom. The van der Waals surface area contributed by atoms with E-state index in [1.165, 1.54) is 12.3 Å². The first-order valence-corrected chi connectivity index (χ1v) is 5.98. The molecule has 0 amide bonds. The van der Waals surface area contributed by atoms with Crippen LogP contribution < -0.4 is 4.74 Å². The first-order valence-electron chi connectivity index (χ1n) is 5.98. The van der Waals surface area contributed by atoms with Crippen LogP contribution in [0.25, 0.3) is 0 Å². The molecule has 0 unspecified atom stereocenters. The van der Waals surface area contributed by atoms with E-state index in [0.29, 0.717) is 12.1 Å². The number of alkyl halides is 6. The summed E-state index contributed by atoms with van der Waals surface area (Å²) in [6, 6.07) is 5.94. The van der Waals surface area contributed by atoms with Crippen LogP contribution in [0.15, 0.2) is 42.6 Å². The topological polar surface area (TPSA) is 22.1 Å². The van der Waals surface area contributed by atoms with Crippen molar-refractivity contribution in [2.24, 2.45) is 0 Å². The molecule has 8 heteroatoms. The lowest BCUT2D eigenvalue weighted by atomic mass is 10.1. The average molecular weight is 321 g/mol. The Balaban J connectivity index is 2.30. The summed E-state index contributed by atoms with van der Waals surface area (Å²) in [6.45, 7) is -0.454. The van der Waals surface area contributed by atoms with Gasteiger partial charge in [-0.1, -0.05) is 6.07 Å². The number of aromatic nitrogens is 1. The lowest BCUT2D eigenvalue weighted by Gasteiger charge is -2.14. The number of rotatable bonds is 3. The summed E-state index contributed by atoms with van der Waals surface area (Å²) in [6.07, 6.45) is -8.36. The fraction of sp³-hybridized carbons (Fsp3) is 0.214. The second kappa shape index (κ2) is 5.86. The van der Waals surface area contributed by atoms with Crippen LogP contribution in [0, 0.1) is 0 Å². The fourth-order valence-corrected chi connectivity index (χ4v) is 1.69. The molecule has 0 fully saturated rings. The van der Waals surface area contributed by atoms with E-state index in [1.807, 2.05) is 0 Å². The zero-order valence-corrected chi connectivity index (χ0v) is 10.9. The van der Waals surface area contributed by atoms with Crippen molar-refractivity contribution in [3.8, 4) is 5.88 Å². The van der Waals surface area contributed by atoms with Gasteiger partial charge < -0.3 is 4.74 Å². The van der Waals surface area contributed by atoms with Crippen molar-refractivity contribution in [2.75, 3.05) is 0 Å². The van der Waals surface area contributed by atoms with Gasteiger partial charge in [-0.2, -0.15) is 26.3 Å². The number of ether oxygens (including phenoxy) is 1. The van der Waals surface area contributed by atoms with Gasteiger partial charge in [-0.15, -0.1) is 0 Å². The molecule has 0 aliphatic rings. The largest absolute Gasteiger partial charge is 0.473 e. The quantitative estimate of drug-likeness (QED) is 0.765. The molecule has 1 heterocycles. The Kier molecular flexibility index (Phi) is 4.30. The van der Waals surface area contributed by atoms with Crippen LogP contribution in [0.5, 0.6) is 5.88 Å². The molecule has 0 aliphatic carbocycles. The summed E-state index contributed by atoms with van der Waals surface area (Å²) >= 11 is 0. The lowest BCUT2D eigenvalue weighted by molar-refractivity contribution is -0.143. The molecule has 2 rings (SSSR count). The molecule has 0 bridgehead atoms. The van der Waals surface area contributed by atoms with Gasteiger partial charge in [0.1, 0.15) is 6.61 Å². The highest BCUT2D eigenvalue weighted by Crippen LogP contribution is 2.36. The predicted molar refractivity (Wildman–Crippen MR) is 65.0 cm³/mol. The van der Waals surface area contributed by atoms with E-state index in [-0.39, 0.29) is 17.5 Å². The van der Waals surface area contributed by atoms with Gasteiger partial charge in [-0.3, -0.25) is 0 Å². The van der Waals surface area contributed by atoms with E-state index in [0.717, 1.165) is 0 Å². The van der Waals surface area contributed by atoms with Crippen molar-refractivity contribution in [3.63, 3.8) is 0 Å². The molecule has 0 saturated carbocycles. The normalized spacial score (nSPS) is 12.3. The third-order valence-electron chi connectivity index (χ3n) is 2.67. The summed E-state index contributed by atoms with van der Waals surface area (Å²) in [5, 5.41) is 0. The maximum Gasteiger partial charge on any atom is 0.416 e. The van der Waals surface area contributed by atoms with Gasteiger partial charge in [0.25, 0.3) is 0 Å². The molecule has 2 aromatic rings. The van der Waals surface area contributed by atoms with Gasteiger partial charge in [0.2, 0.25) is 5.88 Å². The average Bonchev–Trinajstić information content (AvgIpc) is 2.44. The van der Waals surface area contributed by atoms with Crippen LogP contribution in [0.3, 0.4) is 0 Å². The summed E-state index contributed by atoms with van der Waals surface area (Å²) in [5.41, 5.74) is -2.99. The van der Waals surface area contributed by atoms with Gasteiger partial charge in [-0.25, -0.2) is 4.98 Å². The van der Waals surface area contributed by atoms with Crippen LogP contribution >= 0.6 is 0 Å². The monoisotopic (exact) mass is 321 g/mol. The second-order valence-electron chi connectivity index (χ2n) is 4.37. The molecule has 2 nitrogen and oxygen atoms in total. The first kappa shape index (κ1) is 16.1. The van der Waals surface area contributed by atoms with Crippen molar-refractivity contribution in [1.29, 1.82) is 0 Å². The molecule has 1 aromatic heterocycles. The van der Waals surface area contributed by atoms with Crippen LogP contribution in [0.4, 0.5) is 26.3 Å². The Labute approximate surface area is 121 Å². The number of pyridine rings is 1. The Bertz CT molecular complexity index is 604. The molecule has 22 heavy (non-hydrogen) atoms. The highest BCUT2D eigenvalue weighted by atomic mass is 19.4. The third-order valence-corrected chi connectivity index (χ3v) is 2.67. The maximum absolute atomic E-state index is 12.7. The standard InChI is InChI=1S/C14H9F6NO/c15-13(16,17)10-5-9(6-11(7-10)14(18,19)20)8-22-12-3-1-2-4-21-12/h1-7H,8H2. The van der Waals surface area contributed by atoms with Crippen LogP contribution in [0.2, 0.25) is 0 Å². The smallest absolute Gasteiger partial charge is 0.416 e. The van der Waals surface area contributed by atoms with Gasteiger partial charge >= 0.3 is 12.4 Å². The first-order chi connectivity index (χ1) is 10.2. The zero-order chi connectivity index (χ0) is 16.4. The Morgan fingerprint density at radius 1 is 0.864 bits per heavy atom. The number of nitrogens with zero attached hydrogens (tertiary/aromatic N) is 1. The SMILES string of the molecule is FC(F)(F)c1cc(COc2ccccn2)cc(C(F)(F)F)c1. The van der Waals surface area contributed by atoms with Crippen LogP contribution in [-0.4, -0.2) is 4.98 Å². The highest BCUT2D eigenvalue weighted by molar-refractivity contribution is 5.33. The molecule has 0 radical (unpaired) electrons. The van der Waals surface area contributed by atoms with Gasteiger partial charge in [0.05, 0.1) is 11.1 Å². The number of hydrogen-bond acceptors (Lipinski definition) is 2. The van der Waals surface area contributed by atoms with Crippen molar-refractivity contribution in [1.82, 2.24) is 4.98 Å². The minimum atomic E-state index is -4.87. The lowest BCUT2D eigenvalue weighted by Crippen LogP contribution is -2.12. The summed E-state index contributed by atoms with van der Waals surface area (Å²) < 4.78 is 81.2. The predicted octanol–water partition coefficient (Wildman–Crippen LogP) is 4.70. The molecule has 0 aliphatic heterocycles. The van der Waals surface area contributed by atoms with Crippen molar-refractivity contribution in [2.45, 2.75) is 19.0 Å². The maximum atomic E-state index is 12.7. The van der Waals surface area contributed by atoms with Crippen LogP contribution in [0.1, 0.15) is 16.7 Å². The Morgan fingerprint density at radius 3 is 1.91 bits per heavy atom. The molecular formula is C14H9F6NO. The second-order valence-corrected chi connectivity index (χ2v) is 4.37. The van der Waals surface area contributed by atoms with E-state index in [4.69, 9.17) is 4.74 Å². The molecule has 0 saturated heterocycles. The summed E-state index contributed by atoms with van der Waals surface area (Å²) in [5.74, 6) is 0.105. The van der Waals surface area contributed by atoms with Crippen molar-refractivity contribution >= 4 is 0 Å². The van der Waals surface area contributed by atoms with Gasteiger partial charge in [0.15, 0.2) is 0 Å². The van der Waals surface area contributed by atoms with Gasteiger partial charge in [0, 0.05) is 12.3 Å². The minimum absolute atomic E-state index is 0.0737. The third kappa shape index (κ3) is 4.12. The highest BCUT2D eigenvalue weighted by Gasteiger charge is 2.36. The van der Waals surface area contributed by atoms with E-state index < -0.39 is 30.1 Å². The zero-order valence-electron chi connectivity index (χ0n) is 10.9. The minimum Gasteiger partial charge on any atom is -0.473 e. The molecule has 1 aromatic carbocycles. The summed E-state index contributed by atoms with van der Waals surface area (Å²) in [4.78, 5) is 3.77. The Hall–Kier alpha value is -2.25. The molecule has 118 valence electrons. The molecular weight excluding hydrogens is 312 g/mol. The van der Waals surface area contributed by atoms with Gasteiger partial charge in [-0.05, 0) is 29.8 Å². The van der Waals surface area contributed by atoms with Crippen LogP contribution in [-0.2, 0) is 19.0 Å². The number of halogens is 6. The molecule has 0 atom stereocenters. The molecule has 0 N–H and O–H groups in total. The fourth-order valence-electron chi connectivity index (χ4n) is 1.69.